The molecule has 32 heavy (non-hydrogen) atoms. The zero-order valence-corrected chi connectivity index (χ0v) is 18.5. The molecule has 1 aromatic heterocycles. The van der Waals surface area contributed by atoms with Crippen molar-refractivity contribution < 1.29 is 17.5 Å². The summed E-state index contributed by atoms with van der Waals surface area (Å²) >= 11 is 0. The number of sulfonamides is 1. The molecule has 0 saturated carbocycles. The second-order valence-corrected chi connectivity index (χ2v) is 9.37. The number of benzene rings is 2. The second-order valence-electron chi connectivity index (χ2n) is 7.60. The van der Waals surface area contributed by atoms with Gasteiger partial charge in [0.1, 0.15) is 5.82 Å². The number of anilines is 3. The highest BCUT2D eigenvalue weighted by Crippen LogP contribution is 2.31. The smallest absolute Gasteiger partial charge is 0.240 e. The quantitative estimate of drug-likeness (QED) is 0.548. The first-order valence-corrected chi connectivity index (χ1v) is 11.7. The van der Waals surface area contributed by atoms with E-state index < -0.39 is 15.8 Å². The lowest BCUT2D eigenvalue weighted by molar-refractivity contribution is 0.231. The molecule has 2 aromatic carbocycles. The van der Waals surface area contributed by atoms with Crippen LogP contribution in [0.1, 0.15) is 20.3 Å². The largest absolute Gasteiger partial charge is 0.488 e. The third-order valence-corrected chi connectivity index (χ3v) is 6.19. The Morgan fingerprint density at radius 3 is 2.75 bits per heavy atom. The van der Waals surface area contributed by atoms with E-state index in [1.54, 1.807) is 30.5 Å². The van der Waals surface area contributed by atoms with Crippen LogP contribution in [0.15, 0.2) is 53.6 Å². The van der Waals surface area contributed by atoms with Crippen molar-refractivity contribution in [3.05, 3.63) is 54.5 Å². The average Bonchev–Trinajstić information content (AvgIpc) is 2.75. The topological polar surface area (TPSA) is 105 Å². The average molecular weight is 458 g/mol. The molecule has 0 spiro atoms. The molecule has 0 aliphatic carbocycles. The van der Waals surface area contributed by atoms with E-state index >= 15 is 0 Å². The molecule has 168 valence electrons. The minimum Gasteiger partial charge on any atom is -0.488 e. The summed E-state index contributed by atoms with van der Waals surface area (Å²) < 4.78 is 47.6. The van der Waals surface area contributed by atoms with Crippen LogP contribution in [-0.4, -0.2) is 37.6 Å². The highest BCUT2D eigenvalue weighted by molar-refractivity contribution is 7.89. The Balaban J connectivity index is 1.70. The summed E-state index contributed by atoms with van der Waals surface area (Å²) in [5, 5.41) is 6.24. The van der Waals surface area contributed by atoms with Gasteiger partial charge in [0.2, 0.25) is 16.0 Å². The fourth-order valence-corrected chi connectivity index (χ4v) is 4.38. The zero-order valence-electron chi connectivity index (χ0n) is 17.7. The Morgan fingerprint density at radius 1 is 1.12 bits per heavy atom. The maximum Gasteiger partial charge on any atom is 0.240 e. The van der Waals surface area contributed by atoms with Crippen LogP contribution in [0.5, 0.6) is 5.75 Å². The number of aromatic nitrogens is 2. The van der Waals surface area contributed by atoms with E-state index in [0.717, 1.165) is 0 Å². The first-order chi connectivity index (χ1) is 15.3. The van der Waals surface area contributed by atoms with E-state index in [0.29, 0.717) is 41.5 Å². The second kappa shape index (κ2) is 9.09. The molecular formula is C22H24FN5O3S. The van der Waals surface area contributed by atoms with Gasteiger partial charge in [-0.15, -0.1) is 0 Å². The third-order valence-electron chi connectivity index (χ3n) is 4.73. The van der Waals surface area contributed by atoms with Crippen molar-refractivity contribution >= 4 is 27.5 Å². The van der Waals surface area contributed by atoms with Crippen molar-refractivity contribution in [2.24, 2.45) is 0 Å². The maximum absolute atomic E-state index is 14.6. The van der Waals surface area contributed by atoms with Gasteiger partial charge in [-0.25, -0.2) is 22.5 Å². The van der Waals surface area contributed by atoms with Gasteiger partial charge < -0.3 is 15.4 Å². The fraction of sp³-hybridized carbons (Fsp3) is 0.273. The first-order valence-electron chi connectivity index (χ1n) is 10.3. The van der Waals surface area contributed by atoms with Crippen LogP contribution in [0.4, 0.5) is 21.8 Å². The molecule has 0 amide bonds. The zero-order chi connectivity index (χ0) is 22.7. The van der Waals surface area contributed by atoms with Gasteiger partial charge in [-0.3, -0.25) is 0 Å². The van der Waals surface area contributed by atoms with Gasteiger partial charge >= 0.3 is 0 Å². The van der Waals surface area contributed by atoms with Gasteiger partial charge in [-0.1, -0.05) is 12.1 Å². The number of nitrogens with zero attached hydrogens (tertiary/aromatic N) is 2. The molecule has 2 heterocycles. The van der Waals surface area contributed by atoms with E-state index in [1.165, 1.54) is 18.2 Å². The lowest BCUT2D eigenvalue weighted by Gasteiger charge is -2.15. The van der Waals surface area contributed by atoms with Crippen molar-refractivity contribution in [1.82, 2.24) is 14.7 Å². The van der Waals surface area contributed by atoms with Crippen molar-refractivity contribution in [3.63, 3.8) is 0 Å². The molecule has 1 aliphatic rings. The Labute approximate surface area is 186 Å². The Hall–Kier alpha value is -3.24. The van der Waals surface area contributed by atoms with E-state index in [1.807, 2.05) is 13.8 Å². The van der Waals surface area contributed by atoms with Gasteiger partial charge in [0.25, 0.3) is 0 Å². The summed E-state index contributed by atoms with van der Waals surface area (Å²) in [6, 6.07) is 11.2. The molecule has 3 N–H and O–H groups in total. The summed E-state index contributed by atoms with van der Waals surface area (Å²) in [7, 11) is -3.62. The van der Waals surface area contributed by atoms with Crippen LogP contribution in [0.25, 0.3) is 11.1 Å². The number of hydrogen-bond donors (Lipinski definition) is 3. The summed E-state index contributed by atoms with van der Waals surface area (Å²) in [5.74, 6) is 0.514. The summed E-state index contributed by atoms with van der Waals surface area (Å²) in [6.45, 7) is 4.39. The van der Waals surface area contributed by atoms with E-state index in [9.17, 15) is 12.8 Å². The molecule has 0 atom stereocenters. The molecular weight excluding hydrogens is 433 g/mol. The molecule has 3 aromatic rings. The van der Waals surface area contributed by atoms with Crippen molar-refractivity contribution in [2.45, 2.75) is 31.3 Å². The van der Waals surface area contributed by atoms with Crippen LogP contribution >= 0.6 is 0 Å². The minimum absolute atomic E-state index is 0.139. The molecule has 8 nitrogen and oxygen atoms in total. The predicted molar refractivity (Wildman–Crippen MR) is 121 cm³/mol. The number of rotatable bonds is 3. The molecule has 4 bridgehead atoms. The van der Waals surface area contributed by atoms with Gasteiger partial charge in [0.05, 0.1) is 11.0 Å². The SMILES string of the molecule is CC(C)Oc1ccc(-c2cnc3nc2NCCCNS(=O)(=O)c2cccc(c2)N3)cc1F. The van der Waals surface area contributed by atoms with Crippen LogP contribution in [0.2, 0.25) is 0 Å². The predicted octanol–water partition coefficient (Wildman–Crippen LogP) is 3.91. The maximum atomic E-state index is 14.6. The van der Waals surface area contributed by atoms with E-state index in [-0.39, 0.29) is 23.3 Å². The monoisotopic (exact) mass is 457 g/mol. The Morgan fingerprint density at radius 2 is 1.97 bits per heavy atom. The lowest BCUT2D eigenvalue weighted by atomic mass is 10.1. The van der Waals surface area contributed by atoms with Gasteiger partial charge in [0.15, 0.2) is 11.6 Å². The number of ether oxygens (including phenoxy) is 1. The minimum atomic E-state index is -3.62. The molecule has 0 fully saturated rings. The molecule has 0 unspecified atom stereocenters. The lowest BCUT2D eigenvalue weighted by Crippen LogP contribution is -2.26. The Bertz CT molecular complexity index is 1230. The number of hydrogen-bond acceptors (Lipinski definition) is 7. The fourth-order valence-electron chi connectivity index (χ4n) is 3.26. The molecule has 0 radical (unpaired) electrons. The van der Waals surface area contributed by atoms with Crippen molar-refractivity contribution in [2.75, 3.05) is 23.7 Å². The molecule has 0 saturated heterocycles. The highest BCUT2D eigenvalue weighted by atomic mass is 32.2. The summed E-state index contributed by atoms with van der Waals surface area (Å²) in [4.78, 5) is 9.05. The first kappa shape index (κ1) is 22.0. The highest BCUT2D eigenvalue weighted by Gasteiger charge is 2.17. The normalized spacial score (nSPS) is 15.5. The summed E-state index contributed by atoms with van der Waals surface area (Å²) in [5.41, 5.74) is 1.75. The van der Waals surface area contributed by atoms with Gasteiger partial charge in [-0.05, 0) is 56.2 Å². The summed E-state index contributed by atoms with van der Waals surface area (Å²) in [6.07, 6.45) is 1.99. The van der Waals surface area contributed by atoms with Crippen molar-refractivity contribution in [1.29, 1.82) is 0 Å². The standard InChI is InChI=1S/C22H24FN5O3S/c1-14(2)31-20-8-7-15(11-19(20)23)18-13-25-22-27-16-5-3-6-17(12-16)32(29,30)26-10-4-9-24-21(18)28-22/h3,5-8,11-14,26H,4,9-10H2,1-2H3,(H2,24,25,27,28). The number of halogens is 1. The van der Waals surface area contributed by atoms with E-state index in [2.05, 4.69) is 25.3 Å². The van der Waals surface area contributed by atoms with Crippen LogP contribution in [0.3, 0.4) is 0 Å². The number of nitrogens with one attached hydrogen (secondary N) is 3. The molecule has 10 heteroatoms. The van der Waals surface area contributed by atoms with Gasteiger partial charge in [-0.2, -0.15) is 4.98 Å². The van der Waals surface area contributed by atoms with Crippen LogP contribution in [0, 0.1) is 5.82 Å². The van der Waals surface area contributed by atoms with Crippen molar-refractivity contribution in [3.8, 4) is 16.9 Å². The van der Waals surface area contributed by atoms with E-state index in [4.69, 9.17) is 4.74 Å². The molecule has 1 aliphatic heterocycles. The van der Waals surface area contributed by atoms with Gasteiger partial charge in [0, 0.05) is 30.5 Å². The van der Waals surface area contributed by atoms with Crippen LogP contribution < -0.4 is 20.1 Å². The Kier molecular flexibility index (Phi) is 6.24. The van der Waals surface area contributed by atoms with Crippen LogP contribution in [-0.2, 0) is 10.0 Å². The molecule has 4 rings (SSSR count). The third kappa shape index (κ3) is 4.97. The number of fused-ring (bicyclic) bond motifs is 4.